The fourth-order valence-electron chi connectivity index (χ4n) is 1.22. The van der Waals surface area contributed by atoms with Gasteiger partial charge in [-0.05, 0) is 24.7 Å². The zero-order valence-electron chi connectivity index (χ0n) is 9.03. The molecule has 1 aromatic rings. The molecule has 0 bridgehead atoms. The van der Waals surface area contributed by atoms with E-state index in [1.54, 1.807) is 0 Å². The molecule has 1 aliphatic carbocycles. The molecule has 1 aromatic heterocycles. The molecule has 0 saturated heterocycles. The van der Waals surface area contributed by atoms with Gasteiger partial charge in [0.25, 0.3) is 11.8 Å². The van der Waals surface area contributed by atoms with Gasteiger partial charge >= 0.3 is 0 Å². The van der Waals surface area contributed by atoms with Gasteiger partial charge in [-0.2, -0.15) is 4.39 Å². The monoisotopic (exact) mass is 210 g/mol. The summed E-state index contributed by atoms with van der Waals surface area (Å²) in [7, 11) is 0. The van der Waals surface area contributed by atoms with Crippen molar-refractivity contribution in [3.8, 4) is 5.88 Å². The fraction of sp³-hybridized carbons (Fsp3) is 0.636. The van der Waals surface area contributed by atoms with Crippen LogP contribution in [0.25, 0.3) is 0 Å². The van der Waals surface area contributed by atoms with Crippen LogP contribution in [0.5, 0.6) is 5.88 Å². The first-order valence-corrected chi connectivity index (χ1v) is 5.32. The van der Waals surface area contributed by atoms with E-state index in [9.17, 15) is 4.39 Å². The molecule has 3 nitrogen and oxygen atoms in total. The summed E-state index contributed by atoms with van der Waals surface area (Å²) in [6, 6.07) is 0. The standard InChI is InChI=1S/C11H15FN2O/c1-7(2)9-5-13-10(12)11(14-9)15-6-8-3-4-8/h5,7-8H,3-4,6H2,1-2H3. The smallest absolute Gasteiger partial charge is 0.275 e. The van der Waals surface area contributed by atoms with Crippen molar-refractivity contribution in [2.45, 2.75) is 32.6 Å². The van der Waals surface area contributed by atoms with E-state index in [0.29, 0.717) is 12.5 Å². The molecule has 0 N–H and O–H groups in total. The minimum atomic E-state index is -0.611. The Morgan fingerprint density at radius 1 is 1.53 bits per heavy atom. The summed E-state index contributed by atoms with van der Waals surface area (Å²) in [6.07, 6.45) is 3.82. The Morgan fingerprint density at radius 3 is 2.87 bits per heavy atom. The van der Waals surface area contributed by atoms with Crippen molar-refractivity contribution in [3.63, 3.8) is 0 Å². The second kappa shape index (κ2) is 4.13. The van der Waals surface area contributed by atoms with Gasteiger partial charge in [-0.25, -0.2) is 9.97 Å². The lowest BCUT2D eigenvalue weighted by Gasteiger charge is -2.08. The largest absolute Gasteiger partial charge is 0.474 e. The Balaban J connectivity index is 2.08. The summed E-state index contributed by atoms with van der Waals surface area (Å²) in [5.74, 6) is 0.267. The molecule has 2 rings (SSSR count). The van der Waals surface area contributed by atoms with Gasteiger partial charge in [0, 0.05) is 0 Å². The van der Waals surface area contributed by atoms with Gasteiger partial charge in [-0.15, -0.1) is 0 Å². The maximum absolute atomic E-state index is 13.2. The minimum absolute atomic E-state index is 0.0492. The third kappa shape index (κ3) is 2.64. The van der Waals surface area contributed by atoms with Crippen molar-refractivity contribution < 1.29 is 9.13 Å². The molecular weight excluding hydrogens is 195 g/mol. The summed E-state index contributed by atoms with van der Waals surface area (Å²) in [6.45, 7) is 4.55. The number of nitrogens with zero attached hydrogens (tertiary/aromatic N) is 2. The van der Waals surface area contributed by atoms with Crippen LogP contribution in [0.4, 0.5) is 4.39 Å². The van der Waals surface area contributed by atoms with Crippen molar-refractivity contribution in [2.75, 3.05) is 6.61 Å². The van der Waals surface area contributed by atoms with E-state index in [-0.39, 0.29) is 11.8 Å². The summed E-state index contributed by atoms with van der Waals surface area (Å²) in [5.41, 5.74) is 0.766. The van der Waals surface area contributed by atoms with Gasteiger partial charge in [0.1, 0.15) is 0 Å². The number of ether oxygens (including phenoxy) is 1. The van der Waals surface area contributed by atoms with Crippen LogP contribution in [0, 0.1) is 11.9 Å². The average molecular weight is 210 g/mol. The van der Waals surface area contributed by atoms with E-state index >= 15 is 0 Å². The Labute approximate surface area is 88.7 Å². The molecule has 0 radical (unpaired) electrons. The van der Waals surface area contributed by atoms with Gasteiger partial charge in [-0.1, -0.05) is 13.8 Å². The minimum Gasteiger partial charge on any atom is -0.474 e. The van der Waals surface area contributed by atoms with Gasteiger partial charge in [0.05, 0.1) is 18.5 Å². The molecule has 1 aliphatic rings. The Kier molecular flexibility index (Phi) is 2.84. The molecule has 0 aromatic carbocycles. The molecule has 15 heavy (non-hydrogen) atoms. The Bertz CT molecular complexity index is 350. The van der Waals surface area contributed by atoms with Crippen molar-refractivity contribution in [1.82, 2.24) is 9.97 Å². The highest BCUT2D eigenvalue weighted by Gasteiger charge is 2.23. The van der Waals surface area contributed by atoms with Crippen LogP contribution >= 0.6 is 0 Å². The SMILES string of the molecule is CC(C)c1cnc(F)c(OCC2CC2)n1. The highest BCUT2D eigenvalue weighted by molar-refractivity contribution is 5.13. The fourth-order valence-corrected chi connectivity index (χ4v) is 1.22. The molecule has 0 aliphatic heterocycles. The lowest BCUT2D eigenvalue weighted by atomic mass is 10.1. The highest BCUT2D eigenvalue weighted by atomic mass is 19.1. The van der Waals surface area contributed by atoms with Crippen LogP contribution in [0.3, 0.4) is 0 Å². The number of halogens is 1. The molecule has 1 fully saturated rings. The van der Waals surface area contributed by atoms with Gasteiger partial charge in [-0.3, -0.25) is 0 Å². The van der Waals surface area contributed by atoms with E-state index in [4.69, 9.17) is 4.74 Å². The van der Waals surface area contributed by atoms with Crippen LogP contribution in [0.2, 0.25) is 0 Å². The number of aromatic nitrogens is 2. The van der Waals surface area contributed by atoms with Crippen LogP contribution in [0.15, 0.2) is 6.20 Å². The summed E-state index contributed by atoms with van der Waals surface area (Å²) in [4.78, 5) is 7.76. The maximum atomic E-state index is 13.2. The zero-order valence-corrected chi connectivity index (χ0v) is 9.03. The van der Waals surface area contributed by atoms with Crippen molar-refractivity contribution in [1.29, 1.82) is 0 Å². The molecule has 0 spiro atoms. The Morgan fingerprint density at radius 2 is 2.27 bits per heavy atom. The predicted molar refractivity (Wildman–Crippen MR) is 54.3 cm³/mol. The molecule has 0 atom stereocenters. The summed E-state index contributed by atoms with van der Waals surface area (Å²) >= 11 is 0. The Hall–Kier alpha value is -1.19. The van der Waals surface area contributed by atoms with E-state index in [0.717, 1.165) is 5.69 Å². The number of hydrogen-bond acceptors (Lipinski definition) is 3. The van der Waals surface area contributed by atoms with E-state index < -0.39 is 5.95 Å². The topological polar surface area (TPSA) is 35.0 Å². The second-order valence-electron chi connectivity index (χ2n) is 4.30. The van der Waals surface area contributed by atoms with Crippen molar-refractivity contribution >= 4 is 0 Å². The molecule has 4 heteroatoms. The van der Waals surface area contributed by atoms with Crippen LogP contribution in [-0.2, 0) is 0 Å². The first-order valence-electron chi connectivity index (χ1n) is 5.32. The maximum Gasteiger partial charge on any atom is 0.275 e. The lowest BCUT2D eigenvalue weighted by Crippen LogP contribution is -2.06. The van der Waals surface area contributed by atoms with E-state index in [1.807, 2.05) is 13.8 Å². The molecule has 82 valence electrons. The average Bonchev–Trinajstić information content (AvgIpc) is 3.00. The zero-order chi connectivity index (χ0) is 10.8. The van der Waals surface area contributed by atoms with Gasteiger partial charge in [0.2, 0.25) is 0 Å². The summed E-state index contributed by atoms with van der Waals surface area (Å²) < 4.78 is 18.5. The molecular formula is C11H15FN2O. The van der Waals surface area contributed by atoms with Crippen LogP contribution < -0.4 is 4.74 Å². The quantitative estimate of drug-likeness (QED) is 0.766. The van der Waals surface area contributed by atoms with Crippen LogP contribution in [-0.4, -0.2) is 16.6 Å². The summed E-state index contributed by atoms with van der Waals surface area (Å²) in [5, 5.41) is 0. The number of hydrogen-bond donors (Lipinski definition) is 0. The number of rotatable bonds is 4. The van der Waals surface area contributed by atoms with Crippen molar-refractivity contribution in [2.24, 2.45) is 5.92 Å². The van der Waals surface area contributed by atoms with Crippen LogP contribution in [0.1, 0.15) is 38.3 Å². The lowest BCUT2D eigenvalue weighted by molar-refractivity contribution is 0.267. The molecule has 1 saturated carbocycles. The molecule has 0 unspecified atom stereocenters. The van der Waals surface area contributed by atoms with E-state index in [2.05, 4.69) is 9.97 Å². The third-order valence-electron chi connectivity index (χ3n) is 2.46. The third-order valence-corrected chi connectivity index (χ3v) is 2.46. The molecule has 0 amide bonds. The highest BCUT2D eigenvalue weighted by Crippen LogP contribution is 2.29. The predicted octanol–water partition coefficient (Wildman–Crippen LogP) is 2.53. The van der Waals surface area contributed by atoms with Gasteiger partial charge in [0.15, 0.2) is 0 Å². The van der Waals surface area contributed by atoms with Crippen molar-refractivity contribution in [3.05, 3.63) is 17.8 Å². The first kappa shape index (κ1) is 10.3. The van der Waals surface area contributed by atoms with Gasteiger partial charge < -0.3 is 4.74 Å². The second-order valence-corrected chi connectivity index (χ2v) is 4.30. The normalized spacial score (nSPS) is 15.7. The first-order chi connectivity index (χ1) is 7.16. The molecule has 1 heterocycles. The van der Waals surface area contributed by atoms with E-state index in [1.165, 1.54) is 19.0 Å².